The van der Waals surface area contributed by atoms with Crippen molar-refractivity contribution in [1.82, 2.24) is 5.32 Å². The summed E-state index contributed by atoms with van der Waals surface area (Å²) in [5, 5.41) is 27.2. The van der Waals surface area contributed by atoms with Crippen molar-refractivity contribution in [2.75, 3.05) is 18.6 Å². The number of oxime groups is 1. The molecule has 7 nitrogen and oxygen atoms in total. The molecule has 0 bridgehead atoms. The first-order valence-corrected chi connectivity index (χ1v) is 14.6. The number of hydrogen-bond acceptors (Lipinski definition) is 6. The standard InChI is InChI=1S/C28H40N2O5S/c1-5-28(34)14-10-22-20-7-6-18-16-19(8-12-26(18,2)21(20)9-13-27(22,28)3)30-35-17-24(31)29-23(25(32)33)11-15-36-4/h1,16,20-23,34H,6-15,17H2,2-4H3,(H,29,31)(H,32,33). The molecule has 4 rings (SSSR count). The first kappa shape index (κ1) is 27.1. The van der Waals surface area contributed by atoms with Crippen LogP contribution in [0.3, 0.4) is 0 Å². The Hall–Kier alpha value is -1.98. The Morgan fingerprint density at radius 3 is 2.69 bits per heavy atom. The van der Waals surface area contributed by atoms with Gasteiger partial charge in [0.05, 0.1) is 5.71 Å². The van der Waals surface area contributed by atoms with E-state index in [4.69, 9.17) is 11.3 Å². The lowest BCUT2D eigenvalue weighted by molar-refractivity contribution is -0.142. The number of carbonyl (C=O) groups excluding carboxylic acids is 1. The van der Waals surface area contributed by atoms with E-state index in [2.05, 4.69) is 36.3 Å². The molecule has 3 fully saturated rings. The molecule has 3 N–H and O–H groups in total. The lowest BCUT2D eigenvalue weighted by Gasteiger charge is -2.58. The predicted molar refractivity (Wildman–Crippen MR) is 141 cm³/mol. The highest BCUT2D eigenvalue weighted by atomic mass is 32.2. The molecule has 0 aromatic heterocycles. The number of fused-ring (bicyclic) bond motifs is 5. The van der Waals surface area contributed by atoms with Crippen LogP contribution in [0.5, 0.6) is 0 Å². The molecule has 3 saturated carbocycles. The summed E-state index contributed by atoms with van der Waals surface area (Å²) >= 11 is 1.54. The van der Waals surface area contributed by atoms with E-state index >= 15 is 0 Å². The Balaban J connectivity index is 1.38. The third kappa shape index (κ3) is 4.69. The van der Waals surface area contributed by atoms with E-state index in [1.807, 2.05) is 6.26 Å². The zero-order valence-electron chi connectivity index (χ0n) is 21.7. The number of carbonyl (C=O) groups is 2. The molecule has 7 atom stereocenters. The summed E-state index contributed by atoms with van der Waals surface area (Å²) in [6.45, 7) is 4.32. The number of allylic oxidation sites excluding steroid dienone is 2. The van der Waals surface area contributed by atoms with Crippen molar-refractivity contribution in [1.29, 1.82) is 0 Å². The molecular weight excluding hydrogens is 476 g/mol. The molecule has 0 aliphatic heterocycles. The number of thioether (sulfide) groups is 1. The van der Waals surface area contributed by atoms with Crippen molar-refractivity contribution >= 4 is 29.4 Å². The zero-order chi connectivity index (χ0) is 26.1. The van der Waals surface area contributed by atoms with Crippen LogP contribution in [0, 0.1) is 40.9 Å². The van der Waals surface area contributed by atoms with Gasteiger partial charge in [-0.3, -0.25) is 4.79 Å². The average molecular weight is 517 g/mol. The SMILES string of the molecule is C#CC1(O)CCC2C3CCC4=CC(=NOCC(=O)NC(CCSC)C(=O)O)CCC4(C)C3CCC21C. The number of hydrogen-bond donors (Lipinski definition) is 3. The van der Waals surface area contributed by atoms with Gasteiger partial charge in [0, 0.05) is 5.41 Å². The number of aliphatic carboxylic acids is 1. The maximum atomic E-state index is 12.2. The van der Waals surface area contributed by atoms with Crippen LogP contribution in [0.25, 0.3) is 0 Å². The van der Waals surface area contributed by atoms with Gasteiger partial charge >= 0.3 is 5.97 Å². The summed E-state index contributed by atoms with van der Waals surface area (Å²) in [5.74, 6) is 3.53. The van der Waals surface area contributed by atoms with E-state index in [0.717, 1.165) is 50.7 Å². The maximum absolute atomic E-state index is 12.2. The van der Waals surface area contributed by atoms with Gasteiger partial charge in [0.2, 0.25) is 0 Å². The topological polar surface area (TPSA) is 108 Å². The van der Waals surface area contributed by atoms with Crippen molar-refractivity contribution < 1.29 is 24.6 Å². The molecule has 0 radical (unpaired) electrons. The van der Waals surface area contributed by atoms with Crippen molar-refractivity contribution in [2.45, 2.75) is 83.3 Å². The maximum Gasteiger partial charge on any atom is 0.326 e. The number of aliphatic hydroxyl groups is 1. The van der Waals surface area contributed by atoms with Crippen LogP contribution in [-0.4, -0.2) is 58.1 Å². The molecule has 4 aliphatic rings. The van der Waals surface area contributed by atoms with Crippen LogP contribution in [0.4, 0.5) is 0 Å². The Labute approximate surface area is 218 Å². The Bertz CT molecular complexity index is 989. The normalized spacial score (nSPS) is 39.1. The van der Waals surface area contributed by atoms with E-state index in [9.17, 15) is 19.8 Å². The molecular formula is C28H40N2O5S. The highest BCUT2D eigenvalue weighted by Gasteiger charge is 2.63. The summed E-state index contributed by atoms with van der Waals surface area (Å²) in [7, 11) is 0. The molecule has 0 spiro atoms. The lowest BCUT2D eigenvalue weighted by atomic mass is 9.46. The molecule has 8 heteroatoms. The molecule has 0 aromatic carbocycles. The number of terminal acetylenes is 1. The largest absolute Gasteiger partial charge is 0.480 e. The third-order valence-electron chi connectivity index (χ3n) is 9.99. The van der Waals surface area contributed by atoms with Gasteiger partial charge in [-0.25, -0.2) is 4.79 Å². The van der Waals surface area contributed by atoms with E-state index in [1.165, 1.54) is 17.3 Å². The lowest BCUT2D eigenvalue weighted by Crippen LogP contribution is -2.54. The minimum atomic E-state index is -1.04. The number of nitrogens with one attached hydrogen (secondary N) is 1. The van der Waals surface area contributed by atoms with Crippen LogP contribution in [0.1, 0.15) is 71.6 Å². The number of nitrogens with zero attached hydrogens (tertiary/aromatic N) is 1. The van der Waals surface area contributed by atoms with Crippen molar-refractivity contribution in [3.8, 4) is 12.3 Å². The highest BCUT2D eigenvalue weighted by Crippen LogP contribution is 2.67. The summed E-state index contributed by atoms with van der Waals surface area (Å²) in [5.41, 5.74) is 1.21. The Morgan fingerprint density at radius 1 is 1.25 bits per heavy atom. The van der Waals surface area contributed by atoms with Crippen LogP contribution in [0.15, 0.2) is 16.8 Å². The van der Waals surface area contributed by atoms with Crippen LogP contribution < -0.4 is 5.32 Å². The van der Waals surface area contributed by atoms with Crippen molar-refractivity contribution in [3.63, 3.8) is 0 Å². The van der Waals surface area contributed by atoms with Gasteiger partial charge in [-0.2, -0.15) is 11.8 Å². The van der Waals surface area contributed by atoms with Gasteiger partial charge < -0.3 is 20.4 Å². The van der Waals surface area contributed by atoms with Gasteiger partial charge in [-0.15, -0.1) is 6.42 Å². The second kappa shape index (κ2) is 10.4. The molecule has 0 aromatic rings. The van der Waals surface area contributed by atoms with Gasteiger partial charge in [-0.1, -0.05) is 30.5 Å². The summed E-state index contributed by atoms with van der Waals surface area (Å²) < 4.78 is 0. The summed E-state index contributed by atoms with van der Waals surface area (Å²) in [6, 6.07) is -0.914. The molecule has 36 heavy (non-hydrogen) atoms. The molecule has 4 aliphatic carbocycles. The smallest absolute Gasteiger partial charge is 0.326 e. The predicted octanol–water partition coefficient (Wildman–Crippen LogP) is 4.01. The monoisotopic (exact) mass is 516 g/mol. The number of carboxylic acid groups (broad SMARTS) is 1. The van der Waals surface area contributed by atoms with E-state index in [0.29, 0.717) is 36.3 Å². The highest BCUT2D eigenvalue weighted by molar-refractivity contribution is 7.98. The fourth-order valence-corrected chi connectivity index (χ4v) is 8.27. The minimum absolute atomic E-state index is 0.115. The minimum Gasteiger partial charge on any atom is -0.480 e. The Kier molecular flexibility index (Phi) is 7.83. The van der Waals surface area contributed by atoms with Gasteiger partial charge in [0.25, 0.3) is 5.91 Å². The molecule has 0 heterocycles. The summed E-state index contributed by atoms with van der Waals surface area (Å²) in [6.07, 6.45) is 17.9. The second-order valence-corrected chi connectivity index (χ2v) is 12.6. The van der Waals surface area contributed by atoms with Crippen molar-refractivity contribution in [3.05, 3.63) is 11.6 Å². The zero-order valence-corrected chi connectivity index (χ0v) is 22.5. The quantitative estimate of drug-likeness (QED) is 0.332. The van der Waals surface area contributed by atoms with Gasteiger partial charge in [-0.05, 0) is 99.0 Å². The van der Waals surface area contributed by atoms with Gasteiger partial charge in [0.1, 0.15) is 11.6 Å². The third-order valence-corrected chi connectivity index (χ3v) is 10.6. The molecule has 198 valence electrons. The van der Waals surface area contributed by atoms with E-state index in [-0.39, 0.29) is 17.4 Å². The van der Waals surface area contributed by atoms with Crippen LogP contribution >= 0.6 is 11.8 Å². The first-order chi connectivity index (χ1) is 17.1. The second-order valence-electron chi connectivity index (χ2n) is 11.6. The molecule has 7 unspecified atom stereocenters. The summed E-state index contributed by atoms with van der Waals surface area (Å²) in [4.78, 5) is 28.8. The van der Waals surface area contributed by atoms with E-state index in [1.54, 1.807) is 0 Å². The fourth-order valence-electron chi connectivity index (χ4n) is 7.80. The first-order valence-electron chi connectivity index (χ1n) is 13.2. The molecule has 0 saturated heterocycles. The number of carboxylic acids is 1. The van der Waals surface area contributed by atoms with E-state index < -0.39 is 23.5 Å². The fraction of sp³-hybridized carbons (Fsp3) is 0.750. The number of amides is 1. The molecule has 1 amide bonds. The average Bonchev–Trinajstić information content (AvgIpc) is 3.12. The van der Waals surface area contributed by atoms with Crippen LogP contribution in [-0.2, 0) is 14.4 Å². The Morgan fingerprint density at radius 2 is 2.00 bits per heavy atom. The van der Waals surface area contributed by atoms with Gasteiger partial charge in [0.15, 0.2) is 6.61 Å². The van der Waals surface area contributed by atoms with Crippen molar-refractivity contribution in [2.24, 2.45) is 33.7 Å². The van der Waals surface area contributed by atoms with Crippen LogP contribution in [0.2, 0.25) is 0 Å². The number of rotatable bonds is 8.